The molecular weight excluding hydrogens is 676 g/mol. The first-order valence-corrected chi connectivity index (χ1v) is 17.0. The Morgan fingerprint density at radius 2 is 1.45 bits per heavy atom. The van der Waals surface area contributed by atoms with E-state index in [0.29, 0.717) is 11.0 Å². The van der Waals surface area contributed by atoms with Crippen LogP contribution < -0.4 is 38.8 Å². The van der Waals surface area contributed by atoms with Crippen LogP contribution in [-0.4, -0.2) is 154 Å². The van der Waals surface area contributed by atoms with Crippen LogP contribution in [0.1, 0.15) is 30.6 Å². The second-order valence-corrected chi connectivity index (χ2v) is 13.2. The lowest BCUT2D eigenvalue weighted by Crippen LogP contribution is -2.68. The molecule has 2 aliphatic heterocycles. The first kappa shape index (κ1) is 39.3. The van der Waals surface area contributed by atoms with Gasteiger partial charge in [-0.05, 0) is 38.5 Å². The van der Waals surface area contributed by atoms with Crippen molar-refractivity contribution in [1.82, 2.24) is 5.32 Å². The van der Waals surface area contributed by atoms with Crippen molar-refractivity contribution >= 4 is 22.6 Å². The van der Waals surface area contributed by atoms with Gasteiger partial charge in [0.2, 0.25) is 0 Å². The van der Waals surface area contributed by atoms with Crippen molar-refractivity contribution in [2.45, 2.75) is 112 Å². The number of aliphatic hydroxyl groups is 6. The summed E-state index contributed by atoms with van der Waals surface area (Å²) in [6.45, 7) is 4.92. The number of hydrogen-bond donors (Lipinski definition) is 11. The summed E-state index contributed by atoms with van der Waals surface area (Å²) in [7, 11) is 0. The van der Waals surface area contributed by atoms with Crippen molar-refractivity contribution in [2.24, 2.45) is 22.9 Å². The fourth-order valence-electron chi connectivity index (χ4n) is 6.75. The van der Waals surface area contributed by atoms with E-state index in [1.54, 1.807) is 12.1 Å². The van der Waals surface area contributed by atoms with Crippen LogP contribution in [0.25, 0.3) is 11.0 Å². The fourth-order valence-corrected chi connectivity index (χ4v) is 6.75. The second-order valence-electron chi connectivity index (χ2n) is 13.2. The Morgan fingerprint density at radius 1 is 0.843 bits per heavy atom. The Morgan fingerprint density at radius 3 is 2.06 bits per heavy atom. The molecule has 15 N–H and O–H groups in total. The minimum Gasteiger partial charge on any atom is -0.422 e. The lowest BCUT2D eigenvalue weighted by molar-refractivity contribution is -0.330. The van der Waals surface area contributed by atoms with E-state index >= 15 is 0 Å². The van der Waals surface area contributed by atoms with Gasteiger partial charge in [0, 0.05) is 55.4 Å². The average molecular weight is 727 g/mol. The zero-order valence-electron chi connectivity index (χ0n) is 28.3. The highest BCUT2D eigenvalue weighted by Crippen LogP contribution is 2.31. The number of carbonyl (C=O) groups excluding carboxylic acids is 1. The maximum atomic E-state index is 13.1. The fraction of sp³-hybridized carbons (Fsp3) is 0.688. The quantitative estimate of drug-likeness (QED) is 0.0967. The van der Waals surface area contributed by atoms with Gasteiger partial charge in [-0.2, -0.15) is 0 Å². The van der Waals surface area contributed by atoms with Gasteiger partial charge in [-0.3, -0.25) is 4.79 Å². The number of nitrogens with one attached hydrogen (secondary N) is 1. The highest BCUT2D eigenvalue weighted by molar-refractivity contribution is 5.97. The number of rotatable bonds is 11. The van der Waals surface area contributed by atoms with E-state index in [-0.39, 0.29) is 25.1 Å². The maximum absolute atomic E-state index is 13.1. The Labute approximate surface area is 293 Å². The van der Waals surface area contributed by atoms with Gasteiger partial charge >= 0.3 is 5.63 Å². The minimum atomic E-state index is -1.72. The number of ether oxygens (including phenoxy) is 4. The molecule has 19 nitrogen and oxygen atoms in total. The van der Waals surface area contributed by atoms with Crippen LogP contribution >= 0.6 is 0 Å². The average Bonchev–Trinajstić information content (AvgIpc) is 3.11. The highest BCUT2D eigenvalue weighted by Gasteiger charge is 2.51. The van der Waals surface area contributed by atoms with Crippen molar-refractivity contribution in [3.63, 3.8) is 0 Å². The molecule has 0 unspecified atom stereocenters. The normalized spacial score (nSPS) is 38.8. The molecule has 1 saturated carbocycles. The molecule has 1 amide bonds. The molecule has 1 aromatic carbocycles. The van der Waals surface area contributed by atoms with Gasteiger partial charge in [-0.15, -0.1) is 0 Å². The SMILES string of the molecule is CCN(CC)c1ccc2cc(C(=O)NC[C@H]3O[C@H](O[C@@H]4[C@@H](O)[C@H](O[C@H]5O[C@H](CN)[C@@H](O)[C@H](O)[C@H]5O)[C@@H](N)C[C@H]4N)[C@H](O)[C@@H](N)[C@@H]3O)c(=O)oc2c1. The standard InChI is InChI=1S/C32H50N6O13/c1-3-38(4-2)13-6-5-12-7-14(30(46)47-17(12)8-13)29(45)37-11-19-21(39)20(36)23(41)31(49-19)50-27-15(34)9-16(35)28(26(27)44)51-32-25(43)24(42)22(40)18(10-33)48-32/h5-8,15-16,18-28,31-32,39-44H,3-4,9-11,33-36H2,1-2H3,(H,37,45)/t15-,16+,18-,19-,20+,21-,22-,23-,24+,25-,26-,27+,28-,31-,32-/m1/s1. The third-order valence-corrected chi connectivity index (χ3v) is 9.86. The maximum Gasteiger partial charge on any atom is 0.349 e. The second kappa shape index (κ2) is 16.4. The zero-order chi connectivity index (χ0) is 37.3. The van der Waals surface area contributed by atoms with Crippen LogP contribution in [0.4, 0.5) is 5.69 Å². The summed E-state index contributed by atoms with van der Waals surface area (Å²) in [5.74, 6) is -0.813. The van der Waals surface area contributed by atoms with E-state index in [2.05, 4.69) is 10.2 Å². The van der Waals surface area contributed by atoms with E-state index in [1.165, 1.54) is 6.07 Å². The zero-order valence-corrected chi connectivity index (χ0v) is 28.3. The summed E-state index contributed by atoms with van der Waals surface area (Å²) in [6, 6.07) is 3.54. The molecule has 5 rings (SSSR count). The molecule has 3 heterocycles. The Hall–Kier alpha value is -2.86. The van der Waals surface area contributed by atoms with E-state index < -0.39 is 103 Å². The van der Waals surface area contributed by atoms with Crippen LogP contribution in [0.2, 0.25) is 0 Å². The van der Waals surface area contributed by atoms with Crippen molar-refractivity contribution < 1.29 is 58.8 Å². The molecule has 3 aliphatic rings. The summed E-state index contributed by atoms with van der Waals surface area (Å²) in [4.78, 5) is 28.0. The molecule has 51 heavy (non-hydrogen) atoms. The molecule has 286 valence electrons. The molecule has 0 radical (unpaired) electrons. The highest BCUT2D eigenvalue weighted by atomic mass is 16.7. The third kappa shape index (κ3) is 8.06. The first-order chi connectivity index (χ1) is 24.2. The van der Waals surface area contributed by atoms with Crippen molar-refractivity contribution in [3.8, 4) is 0 Å². The van der Waals surface area contributed by atoms with Crippen LogP contribution in [0, 0.1) is 0 Å². The largest absolute Gasteiger partial charge is 0.422 e. The van der Waals surface area contributed by atoms with Crippen molar-refractivity contribution in [2.75, 3.05) is 31.1 Å². The van der Waals surface area contributed by atoms with Crippen molar-refractivity contribution in [1.29, 1.82) is 0 Å². The molecule has 0 spiro atoms. The van der Waals surface area contributed by atoms with Gasteiger partial charge in [-0.25, -0.2) is 4.79 Å². The number of carbonyl (C=O) groups is 1. The van der Waals surface area contributed by atoms with Gasteiger partial charge in [-0.1, -0.05) is 0 Å². The van der Waals surface area contributed by atoms with Crippen LogP contribution in [0.5, 0.6) is 0 Å². The van der Waals surface area contributed by atoms with E-state index in [9.17, 15) is 40.2 Å². The number of benzene rings is 1. The molecule has 3 fully saturated rings. The van der Waals surface area contributed by atoms with Crippen molar-refractivity contribution in [3.05, 3.63) is 40.2 Å². The number of nitrogens with zero attached hydrogens (tertiary/aromatic N) is 1. The Balaban J connectivity index is 1.25. The smallest absolute Gasteiger partial charge is 0.349 e. The van der Waals surface area contributed by atoms with Gasteiger partial charge in [0.15, 0.2) is 12.6 Å². The molecule has 2 aromatic rings. The van der Waals surface area contributed by atoms with Gasteiger partial charge in [0.05, 0.1) is 12.1 Å². The Bertz CT molecular complexity index is 1550. The van der Waals surface area contributed by atoms with E-state index in [0.717, 1.165) is 18.8 Å². The molecule has 1 aromatic heterocycles. The van der Waals surface area contributed by atoms with Crippen LogP contribution in [0.15, 0.2) is 33.5 Å². The molecule has 0 bridgehead atoms. The predicted molar refractivity (Wildman–Crippen MR) is 179 cm³/mol. The summed E-state index contributed by atoms with van der Waals surface area (Å²) in [6.07, 6.45) is -17.6. The molecule has 1 aliphatic carbocycles. The number of aliphatic hydroxyl groups excluding tert-OH is 6. The minimum absolute atomic E-state index is 0.0167. The predicted octanol–water partition coefficient (Wildman–Crippen LogP) is -4.90. The first-order valence-electron chi connectivity index (χ1n) is 17.0. The van der Waals surface area contributed by atoms with Gasteiger partial charge in [0.25, 0.3) is 5.91 Å². The van der Waals surface area contributed by atoms with E-state index in [4.69, 9.17) is 46.3 Å². The number of hydrogen-bond acceptors (Lipinski definition) is 18. The number of nitrogens with two attached hydrogens (primary N) is 4. The summed E-state index contributed by atoms with van der Waals surface area (Å²) in [5.41, 5.74) is 24.2. The summed E-state index contributed by atoms with van der Waals surface area (Å²) < 4.78 is 28.5. The van der Waals surface area contributed by atoms with Crippen LogP contribution in [0.3, 0.4) is 0 Å². The summed E-state index contributed by atoms with van der Waals surface area (Å²) >= 11 is 0. The molecule has 19 heteroatoms. The summed E-state index contributed by atoms with van der Waals surface area (Å²) in [5, 5.41) is 66.8. The van der Waals surface area contributed by atoms with Gasteiger partial charge < -0.3 is 87.2 Å². The topological polar surface area (TPSA) is 325 Å². The lowest BCUT2D eigenvalue weighted by Gasteiger charge is -2.48. The van der Waals surface area contributed by atoms with E-state index in [1.807, 2.05) is 19.9 Å². The number of fused-ring (bicyclic) bond motifs is 1. The lowest BCUT2D eigenvalue weighted by atomic mass is 9.84. The molecular formula is C32H50N6O13. The molecule has 15 atom stereocenters. The number of amides is 1. The Kier molecular flexibility index (Phi) is 12.7. The van der Waals surface area contributed by atoms with Gasteiger partial charge in [0.1, 0.15) is 66.1 Å². The third-order valence-electron chi connectivity index (χ3n) is 9.86. The number of anilines is 1. The van der Waals surface area contributed by atoms with Crippen LogP contribution in [-0.2, 0) is 18.9 Å². The monoisotopic (exact) mass is 726 g/mol. The molecule has 2 saturated heterocycles.